The molecule has 18 heavy (non-hydrogen) atoms. The Bertz CT molecular complexity index is 452. The topological polar surface area (TPSA) is 80.5 Å². The van der Waals surface area contributed by atoms with Crippen LogP contribution in [0.3, 0.4) is 0 Å². The van der Waals surface area contributed by atoms with Gasteiger partial charge >= 0.3 is 5.69 Å². The van der Waals surface area contributed by atoms with Crippen molar-refractivity contribution in [3.8, 4) is 0 Å². The molecule has 0 spiro atoms. The summed E-state index contributed by atoms with van der Waals surface area (Å²) in [4.78, 5) is 16.8. The monoisotopic (exact) mass is 252 g/mol. The number of aromatic nitrogens is 1. The van der Waals surface area contributed by atoms with Crippen molar-refractivity contribution in [1.29, 1.82) is 0 Å². The minimum atomic E-state index is -0.401. The summed E-state index contributed by atoms with van der Waals surface area (Å²) in [5.74, 6) is 1.02. The van der Waals surface area contributed by atoms with Crippen LogP contribution < -0.4 is 10.2 Å². The molecule has 0 bridgehead atoms. The van der Waals surface area contributed by atoms with Gasteiger partial charge in [0, 0.05) is 26.2 Å². The average Bonchev–Trinajstić information content (AvgIpc) is 2.38. The van der Waals surface area contributed by atoms with Crippen LogP contribution in [0.4, 0.5) is 17.3 Å². The zero-order valence-electron chi connectivity index (χ0n) is 10.4. The molecule has 7 heteroatoms. The quantitative estimate of drug-likeness (QED) is 0.644. The highest BCUT2D eigenvalue weighted by atomic mass is 16.6. The van der Waals surface area contributed by atoms with E-state index in [1.165, 1.54) is 6.07 Å². The number of nitrogens with one attached hydrogen (secondary N) is 1. The van der Waals surface area contributed by atoms with E-state index in [2.05, 4.69) is 10.3 Å². The first-order valence-electron chi connectivity index (χ1n) is 5.81. The van der Waals surface area contributed by atoms with Gasteiger partial charge in [-0.1, -0.05) is 0 Å². The van der Waals surface area contributed by atoms with Crippen LogP contribution in [-0.2, 0) is 4.74 Å². The number of nitrogens with zero attached hydrogens (tertiary/aromatic N) is 3. The Hall–Kier alpha value is -1.89. The molecule has 0 saturated carbocycles. The van der Waals surface area contributed by atoms with E-state index in [0.717, 1.165) is 0 Å². The first-order chi connectivity index (χ1) is 8.61. The van der Waals surface area contributed by atoms with E-state index in [1.54, 1.807) is 13.1 Å². The lowest BCUT2D eigenvalue weighted by atomic mass is 10.2. The second-order valence-electron chi connectivity index (χ2n) is 4.17. The molecule has 1 atom stereocenters. The first-order valence-corrected chi connectivity index (χ1v) is 5.81. The number of rotatable bonds is 3. The summed E-state index contributed by atoms with van der Waals surface area (Å²) in [6.45, 7) is 3.73. The minimum absolute atomic E-state index is 0.0306. The highest BCUT2D eigenvalue weighted by molar-refractivity contribution is 5.62. The fourth-order valence-corrected chi connectivity index (χ4v) is 1.97. The van der Waals surface area contributed by atoms with Crippen molar-refractivity contribution in [1.82, 2.24) is 4.98 Å². The molecule has 0 aromatic carbocycles. The molecule has 7 nitrogen and oxygen atoms in total. The van der Waals surface area contributed by atoms with Crippen molar-refractivity contribution in [3.63, 3.8) is 0 Å². The Kier molecular flexibility index (Phi) is 3.61. The van der Waals surface area contributed by atoms with Crippen molar-refractivity contribution in [3.05, 3.63) is 22.2 Å². The zero-order valence-corrected chi connectivity index (χ0v) is 10.4. The van der Waals surface area contributed by atoms with Gasteiger partial charge in [0.15, 0.2) is 0 Å². The Balaban J connectivity index is 2.36. The fraction of sp³-hybridized carbons (Fsp3) is 0.545. The summed E-state index contributed by atoms with van der Waals surface area (Å²) in [5.41, 5.74) is 0.0306. The van der Waals surface area contributed by atoms with E-state index in [-0.39, 0.29) is 11.8 Å². The molecule has 1 saturated heterocycles. The summed E-state index contributed by atoms with van der Waals surface area (Å²) in [6, 6.07) is 3.08. The summed E-state index contributed by atoms with van der Waals surface area (Å²) in [6.07, 6.45) is 0.0541. The van der Waals surface area contributed by atoms with Crippen LogP contribution in [0.5, 0.6) is 0 Å². The van der Waals surface area contributed by atoms with E-state index in [4.69, 9.17) is 4.74 Å². The van der Waals surface area contributed by atoms with E-state index < -0.39 is 4.92 Å². The van der Waals surface area contributed by atoms with Gasteiger partial charge in [-0.15, -0.1) is 0 Å². The van der Waals surface area contributed by atoms with Gasteiger partial charge in [-0.05, 0) is 13.0 Å². The third kappa shape index (κ3) is 2.51. The van der Waals surface area contributed by atoms with Gasteiger partial charge in [-0.3, -0.25) is 10.1 Å². The second kappa shape index (κ2) is 5.18. The maximum absolute atomic E-state index is 11.0. The van der Waals surface area contributed by atoms with Crippen LogP contribution in [-0.4, -0.2) is 42.8 Å². The molecule has 2 rings (SSSR count). The van der Waals surface area contributed by atoms with Gasteiger partial charge in [-0.2, -0.15) is 0 Å². The molecule has 1 aliphatic rings. The lowest BCUT2D eigenvalue weighted by Crippen LogP contribution is -2.41. The molecule has 1 aromatic heterocycles. The molecule has 98 valence electrons. The van der Waals surface area contributed by atoms with Gasteiger partial charge in [-0.25, -0.2) is 4.98 Å². The number of ether oxygens (including phenoxy) is 1. The van der Waals surface area contributed by atoms with Crippen LogP contribution in [0.2, 0.25) is 0 Å². The molecule has 1 unspecified atom stereocenters. The molecule has 0 aliphatic carbocycles. The maximum atomic E-state index is 11.0. The number of anilines is 2. The summed E-state index contributed by atoms with van der Waals surface area (Å²) in [7, 11) is 1.74. The number of hydrogen-bond donors (Lipinski definition) is 1. The number of nitro groups is 1. The van der Waals surface area contributed by atoms with Gasteiger partial charge in [0.2, 0.25) is 5.82 Å². The summed E-state index contributed by atoms with van der Waals surface area (Å²) in [5, 5.41) is 13.9. The highest BCUT2D eigenvalue weighted by Crippen LogP contribution is 2.28. The van der Waals surface area contributed by atoms with Crippen molar-refractivity contribution >= 4 is 17.3 Å². The standard InChI is InChI=1S/C11H16N4O3/c1-8-7-14(5-6-18-8)11-9(15(16)17)3-4-10(12-2)13-11/h3-4,8H,5-7H2,1-2H3,(H,12,13). The smallest absolute Gasteiger partial charge is 0.311 e. The first kappa shape index (κ1) is 12.6. The molecule has 2 heterocycles. The van der Waals surface area contributed by atoms with Crippen molar-refractivity contribution < 1.29 is 9.66 Å². The molecule has 1 N–H and O–H groups in total. The largest absolute Gasteiger partial charge is 0.375 e. The van der Waals surface area contributed by atoms with Crippen molar-refractivity contribution in [2.75, 3.05) is 37.0 Å². The molecule has 1 fully saturated rings. The van der Waals surface area contributed by atoms with Crippen LogP contribution in [0.25, 0.3) is 0 Å². The van der Waals surface area contributed by atoms with Crippen LogP contribution in [0, 0.1) is 10.1 Å². The molecule has 0 amide bonds. The number of hydrogen-bond acceptors (Lipinski definition) is 6. The van der Waals surface area contributed by atoms with Gasteiger partial charge in [0.05, 0.1) is 17.6 Å². The third-order valence-corrected chi connectivity index (χ3v) is 2.85. The number of morpholine rings is 1. The summed E-state index contributed by atoms with van der Waals surface area (Å²) < 4.78 is 5.43. The van der Waals surface area contributed by atoms with E-state index in [0.29, 0.717) is 31.3 Å². The van der Waals surface area contributed by atoms with E-state index >= 15 is 0 Å². The van der Waals surface area contributed by atoms with Crippen LogP contribution >= 0.6 is 0 Å². The molecular weight excluding hydrogens is 236 g/mol. The van der Waals surface area contributed by atoms with Crippen molar-refractivity contribution in [2.24, 2.45) is 0 Å². The fourth-order valence-electron chi connectivity index (χ4n) is 1.97. The van der Waals surface area contributed by atoms with Gasteiger partial charge in [0.25, 0.3) is 0 Å². The Labute approximate surface area is 105 Å². The lowest BCUT2D eigenvalue weighted by molar-refractivity contribution is -0.384. The van der Waals surface area contributed by atoms with Gasteiger partial charge in [0.1, 0.15) is 5.82 Å². The Morgan fingerprint density at radius 3 is 3.00 bits per heavy atom. The second-order valence-corrected chi connectivity index (χ2v) is 4.17. The van der Waals surface area contributed by atoms with Crippen LogP contribution in [0.15, 0.2) is 12.1 Å². The highest BCUT2D eigenvalue weighted by Gasteiger charge is 2.25. The Morgan fingerprint density at radius 2 is 2.39 bits per heavy atom. The normalized spacial score (nSPS) is 19.7. The van der Waals surface area contributed by atoms with Crippen molar-refractivity contribution in [2.45, 2.75) is 13.0 Å². The SMILES string of the molecule is CNc1ccc([N+](=O)[O-])c(N2CCOC(C)C2)n1. The van der Waals surface area contributed by atoms with Crippen LogP contribution in [0.1, 0.15) is 6.92 Å². The number of pyridine rings is 1. The lowest BCUT2D eigenvalue weighted by Gasteiger charge is -2.31. The predicted molar refractivity (Wildman–Crippen MR) is 68.1 cm³/mol. The average molecular weight is 252 g/mol. The molecule has 1 aliphatic heterocycles. The van der Waals surface area contributed by atoms with E-state index in [1.807, 2.05) is 11.8 Å². The third-order valence-electron chi connectivity index (χ3n) is 2.85. The minimum Gasteiger partial charge on any atom is -0.375 e. The molecule has 0 radical (unpaired) electrons. The molecular formula is C11H16N4O3. The predicted octanol–water partition coefficient (Wildman–Crippen LogP) is 1.26. The maximum Gasteiger partial charge on any atom is 0.311 e. The van der Waals surface area contributed by atoms with Gasteiger partial charge < -0.3 is 15.0 Å². The van der Waals surface area contributed by atoms with E-state index in [9.17, 15) is 10.1 Å². The molecule has 1 aromatic rings. The summed E-state index contributed by atoms with van der Waals surface area (Å²) >= 11 is 0. The Morgan fingerprint density at radius 1 is 1.61 bits per heavy atom. The zero-order chi connectivity index (χ0) is 13.1.